The van der Waals surface area contributed by atoms with Crippen LogP contribution < -0.4 is 15.8 Å². The fourth-order valence-electron chi connectivity index (χ4n) is 1.83. The van der Waals surface area contributed by atoms with Crippen molar-refractivity contribution in [3.05, 3.63) is 18.2 Å². The van der Waals surface area contributed by atoms with Gasteiger partial charge in [-0.2, -0.15) is 0 Å². The van der Waals surface area contributed by atoms with E-state index in [4.69, 9.17) is 10.5 Å². The van der Waals surface area contributed by atoms with Crippen LogP contribution in [0.4, 0.5) is 11.4 Å². The maximum Gasteiger partial charge on any atom is 0.143 e. The van der Waals surface area contributed by atoms with E-state index >= 15 is 0 Å². The second-order valence-electron chi connectivity index (χ2n) is 4.02. The van der Waals surface area contributed by atoms with Crippen LogP contribution in [0.15, 0.2) is 18.2 Å². The quantitative estimate of drug-likeness (QED) is 0.747. The smallest absolute Gasteiger partial charge is 0.143 e. The highest BCUT2D eigenvalue weighted by molar-refractivity contribution is 5.64. The molecule has 0 radical (unpaired) electrons. The van der Waals surface area contributed by atoms with E-state index in [9.17, 15) is 0 Å². The van der Waals surface area contributed by atoms with Gasteiger partial charge in [0.25, 0.3) is 0 Å². The summed E-state index contributed by atoms with van der Waals surface area (Å²) in [6.07, 6.45) is 3.86. The van der Waals surface area contributed by atoms with Crippen molar-refractivity contribution in [3.8, 4) is 5.75 Å². The van der Waals surface area contributed by atoms with E-state index < -0.39 is 0 Å². The molecular formula is C12H18N2O. The van der Waals surface area contributed by atoms with E-state index in [0.29, 0.717) is 6.10 Å². The van der Waals surface area contributed by atoms with E-state index in [1.807, 2.05) is 18.2 Å². The Hall–Kier alpha value is -1.38. The number of nitrogen functional groups attached to an aromatic ring is 1. The highest BCUT2D eigenvalue weighted by atomic mass is 16.5. The first-order chi connectivity index (χ1) is 7.29. The summed E-state index contributed by atoms with van der Waals surface area (Å²) >= 11 is 0. The van der Waals surface area contributed by atoms with Crippen LogP contribution in [0, 0.1) is 0 Å². The van der Waals surface area contributed by atoms with Crippen LogP contribution >= 0.6 is 0 Å². The van der Waals surface area contributed by atoms with Gasteiger partial charge in [0.15, 0.2) is 0 Å². The molecule has 1 aliphatic heterocycles. The normalized spacial score (nSPS) is 18.9. The van der Waals surface area contributed by atoms with Gasteiger partial charge in [-0.15, -0.1) is 0 Å². The van der Waals surface area contributed by atoms with Crippen molar-refractivity contribution in [2.75, 3.05) is 17.6 Å². The van der Waals surface area contributed by atoms with E-state index in [2.05, 4.69) is 12.2 Å². The average molecular weight is 206 g/mol. The van der Waals surface area contributed by atoms with Crippen molar-refractivity contribution in [1.82, 2.24) is 0 Å². The molecule has 0 spiro atoms. The average Bonchev–Trinajstić information content (AvgIpc) is 2.26. The number of rotatable bonds is 3. The Kier molecular flexibility index (Phi) is 2.99. The fraction of sp³-hybridized carbons (Fsp3) is 0.500. The van der Waals surface area contributed by atoms with Crippen LogP contribution in [0.2, 0.25) is 0 Å². The molecule has 0 saturated carbocycles. The second-order valence-corrected chi connectivity index (χ2v) is 4.02. The largest absolute Gasteiger partial charge is 0.486 e. The minimum atomic E-state index is 0.307. The molecule has 3 heteroatoms. The fourth-order valence-corrected chi connectivity index (χ4v) is 1.83. The zero-order valence-electron chi connectivity index (χ0n) is 9.12. The molecule has 0 amide bonds. The lowest BCUT2D eigenvalue weighted by Gasteiger charge is -2.27. The molecule has 1 atom stereocenters. The number of benzene rings is 1. The molecular weight excluding hydrogens is 188 g/mol. The summed E-state index contributed by atoms with van der Waals surface area (Å²) in [5, 5.41) is 3.36. The summed E-state index contributed by atoms with van der Waals surface area (Å²) in [5.41, 5.74) is 7.49. The third-order valence-electron chi connectivity index (χ3n) is 2.70. The Bertz CT molecular complexity index is 338. The van der Waals surface area contributed by atoms with Crippen LogP contribution in [0.1, 0.15) is 26.2 Å². The topological polar surface area (TPSA) is 47.3 Å². The summed E-state index contributed by atoms with van der Waals surface area (Å²) in [6, 6.07) is 5.74. The molecule has 2 rings (SSSR count). The Balaban J connectivity index is 2.03. The minimum absolute atomic E-state index is 0.307. The predicted octanol–water partition coefficient (Wildman–Crippen LogP) is 2.63. The van der Waals surface area contributed by atoms with Gasteiger partial charge in [0.1, 0.15) is 11.9 Å². The molecule has 3 nitrogen and oxygen atoms in total. The highest BCUT2D eigenvalue weighted by Crippen LogP contribution is 2.31. The molecule has 0 aliphatic carbocycles. The number of unbranched alkanes of at least 4 members (excludes halogenated alkanes) is 1. The van der Waals surface area contributed by atoms with Gasteiger partial charge in [-0.05, 0) is 31.0 Å². The number of ether oxygens (including phenoxy) is 1. The van der Waals surface area contributed by atoms with Gasteiger partial charge >= 0.3 is 0 Å². The number of hydrogen-bond donors (Lipinski definition) is 2. The van der Waals surface area contributed by atoms with Crippen LogP contribution in [-0.2, 0) is 0 Å². The number of nitrogens with one attached hydrogen (secondary N) is 1. The molecule has 1 aromatic carbocycles. The third kappa shape index (κ3) is 2.35. The van der Waals surface area contributed by atoms with Crippen molar-refractivity contribution in [2.45, 2.75) is 32.3 Å². The van der Waals surface area contributed by atoms with E-state index in [-0.39, 0.29) is 0 Å². The van der Waals surface area contributed by atoms with Gasteiger partial charge in [0.2, 0.25) is 0 Å². The monoisotopic (exact) mass is 206 g/mol. The van der Waals surface area contributed by atoms with Gasteiger partial charge < -0.3 is 15.8 Å². The molecule has 3 N–H and O–H groups in total. The Morgan fingerprint density at radius 3 is 3.20 bits per heavy atom. The predicted molar refractivity (Wildman–Crippen MR) is 63.3 cm³/mol. The van der Waals surface area contributed by atoms with Gasteiger partial charge in [-0.25, -0.2) is 0 Å². The maximum atomic E-state index is 5.87. The second kappa shape index (κ2) is 4.43. The summed E-state index contributed by atoms with van der Waals surface area (Å²) in [5.74, 6) is 0.927. The summed E-state index contributed by atoms with van der Waals surface area (Å²) in [4.78, 5) is 0. The third-order valence-corrected chi connectivity index (χ3v) is 2.70. The molecule has 1 aromatic rings. The lowest BCUT2D eigenvalue weighted by molar-refractivity contribution is 0.192. The lowest BCUT2D eigenvalue weighted by atomic mass is 10.1. The molecule has 0 bridgehead atoms. The van der Waals surface area contributed by atoms with Gasteiger partial charge in [-0.3, -0.25) is 0 Å². The molecule has 0 saturated heterocycles. The summed E-state index contributed by atoms with van der Waals surface area (Å²) < 4.78 is 5.87. The van der Waals surface area contributed by atoms with Crippen LogP contribution in [0.3, 0.4) is 0 Å². The van der Waals surface area contributed by atoms with E-state index in [0.717, 1.165) is 30.1 Å². The van der Waals surface area contributed by atoms with Crippen molar-refractivity contribution in [1.29, 1.82) is 0 Å². The van der Waals surface area contributed by atoms with Gasteiger partial charge in [-0.1, -0.05) is 13.3 Å². The standard InChI is InChI=1S/C12H18N2O/c1-2-3-4-10-8-14-11-7-9(13)5-6-12(11)15-10/h5-7,10,14H,2-4,8,13H2,1H3. The van der Waals surface area contributed by atoms with Crippen molar-refractivity contribution in [2.24, 2.45) is 0 Å². The zero-order chi connectivity index (χ0) is 10.7. The molecule has 0 fully saturated rings. The lowest BCUT2D eigenvalue weighted by Crippen LogP contribution is -2.30. The van der Waals surface area contributed by atoms with Gasteiger partial charge in [0.05, 0.1) is 12.2 Å². The number of hydrogen-bond acceptors (Lipinski definition) is 3. The first-order valence-corrected chi connectivity index (χ1v) is 5.59. The maximum absolute atomic E-state index is 5.87. The van der Waals surface area contributed by atoms with Crippen LogP contribution in [0.25, 0.3) is 0 Å². The zero-order valence-corrected chi connectivity index (χ0v) is 9.12. The Morgan fingerprint density at radius 1 is 1.53 bits per heavy atom. The van der Waals surface area contributed by atoms with Gasteiger partial charge in [0, 0.05) is 5.69 Å². The van der Waals surface area contributed by atoms with Crippen molar-refractivity contribution < 1.29 is 4.74 Å². The Labute approximate surface area is 90.6 Å². The molecule has 0 aromatic heterocycles. The number of anilines is 2. The van der Waals surface area contributed by atoms with E-state index in [1.54, 1.807) is 0 Å². The molecule has 1 aliphatic rings. The van der Waals surface area contributed by atoms with Crippen LogP contribution in [0.5, 0.6) is 5.75 Å². The summed E-state index contributed by atoms with van der Waals surface area (Å²) in [7, 11) is 0. The summed E-state index contributed by atoms with van der Waals surface area (Å²) in [6.45, 7) is 3.08. The number of fused-ring (bicyclic) bond motifs is 1. The SMILES string of the molecule is CCCCC1CNc2cc(N)ccc2O1. The highest BCUT2D eigenvalue weighted by Gasteiger charge is 2.18. The first kappa shape index (κ1) is 10.1. The van der Waals surface area contributed by atoms with E-state index in [1.165, 1.54) is 12.8 Å². The number of nitrogens with two attached hydrogens (primary N) is 1. The molecule has 82 valence electrons. The molecule has 1 unspecified atom stereocenters. The molecule has 15 heavy (non-hydrogen) atoms. The minimum Gasteiger partial charge on any atom is -0.486 e. The van der Waals surface area contributed by atoms with Crippen LogP contribution in [-0.4, -0.2) is 12.6 Å². The first-order valence-electron chi connectivity index (χ1n) is 5.59. The van der Waals surface area contributed by atoms with Crippen molar-refractivity contribution in [3.63, 3.8) is 0 Å². The Morgan fingerprint density at radius 2 is 2.40 bits per heavy atom. The van der Waals surface area contributed by atoms with Crippen molar-refractivity contribution >= 4 is 11.4 Å². The molecule has 1 heterocycles.